The molecule has 3 heterocycles. The van der Waals surface area contributed by atoms with Crippen LogP contribution in [0.1, 0.15) is 18.4 Å². The number of benzene rings is 1. The van der Waals surface area contributed by atoms with Gasteiger partial charge < -0.3 is 15.3 Å². The third-order valence-electron chi connectivity index (χ3n) is 6.11. The van der Waals surface area contributed by atoms with Gasteiger partial charge in [-0.05, 0) is 42.3 Å². The van der Waals surface area contributed by atoms with Crippen molar-refractivity contribution in [3.63, 3.8) is 0 Å². The molecule has 2 aromatic heterocycles. The van der Waals surface area contributed by atoms with E-state index >= 15 is 0 Å². The van der Waals surface area contributed by atoms with Gasteiger partial charge in [0.05, 0.1) is 12.8 Å². The Bertz CT molecular complexity index is 1100. The van der Waals surface area contributed by atoms with Crippen LogP contribution < -0.4 is 10.2 Å². The molecule has 5 rings (SSSR count). The first kappa shape index (κ1) is 22.8. The fourth-order valence-corrected chi connectivity index (χ4v) is 4.79. The highest BCUT2D eigenvalue weighted by Crippen LogP contribution is 2.32. The Morgan fingerprint density at radius 1 is 1.12 bits per heavy atom. The molecule has 3 N–H and O–H groups in total. The van der Waals surface area contributed by atoms with Crippen LogP contribution >= 0.6 is 11.8 Å². The van der Waals surface area contributed by atoms with E-state index in [0.717, 1.165) is 61.1 Å². The van der Waals surface area contributed by atoms with Crippen LogP contribution in [0.3, 0.4) is 0 Å². The number of nitrogens with zero attached hydrogens (tertiary/aromatic N) is 5. The molecule has 34 heavy (non-hydrogen) atoms. The normalized spacial score (nSPS) is 16.6. The van der Waals surface area contributed by atoms with Gasteiger partial charge in [-0.2, -0.15) is 5.10 Å². The molecule has 1 saturated heterocycles. The lowest BCUT2D eigenvalue weighted by atomic mass is 10.1. The number of Topliss-reactive ketones (excluding diaryl/α,β-unsaturated/α-hetero) is 1. The van der Waals surface area contributed by atoms with Crippen LogP contribution in [0.5, 0.6) is 0 Å². The molecular weight excluding hydrogens is 450 g/mol. The van der Waals surface area contributed by atoms with E-state index in [0.29, 0.717) is 29.7 Å². The zero-order chi connectivity index (χ0) is 23.3. The molecule has 2 fully saturated rings. The smallest absolute Gasteiger partial charge is 0.196 e. The number of H-pyrrole nitrogens is 1. The predicted molar refractivity (Wildman–Crippen MR) is 132 cm³/mol. The SMILES string of the molecule is O=C(Cc1ccc(Sc2nc(Nc3ccn[nH]3)cc(N3CCN(CCO)CC3)n2)cc1)C1CC1. The maximum Gasteiger partial charge on any atom is 0.196 e. The van der Waals surface area contributed by atoms with E-state index in [9.17, 15) is 9.90 Å². The van der Waals surface area contributed by atoms with Crippen molar-refractivity contribution >= 4 is 35.0 Å². The predicted octanol–water partition coefficient (Wildman–Crippen LogP) is 2.73. The van der Waals surface area contributed by atoms with Crippen molar-refractivity contribution in [3.05, 3.63) is 48.2 Å². The minimum Gasteiger partial charge on any atom is -0.395 e. The number of carbonyl (C=O) groups is 1. The quantitative estimate of drug-likeness (QED) is 0.378. The van der Waals surface area contributed by atoms with Gasteiger partial charge in [0.1, 0.15) is 23.2 Å². The number of piperazine rings is 1. The number of hydrogen-bond acceptors (Lipinski definition) is 9. The van der Waals surface area contributed by atoms with E-state index in [4.69, 9.17) is 9.97 Å². The van der Waals surface area contributed by atoms with Gasteiger partial charge in [-0.1, -0.05) is 12.1 Å². The van der Waals surface area contributed by atoms with Crippen molar-refractivity contribution in [2.24, 2.45) is 5.92 Å². The first-order valence-electron chi connectivity index (χ1n) is 11.7. The second-order valence-corrected chi connectivity index (χ2v) is 9.75. The molecule has 0 unspecified atom stereocenters. The Hall–Kier alpha value is -2.95. The summed E-state index contributed by atoms with van der Waals surface area (Å²) in [5.41, 5.74) is 1.05. The van der Waals surface area contributed by atoms with Crippen LogP contribution in [0.4, 0.5) is 17.5 Å². The summed E-state index contributed by atoms with van der Waals surface area (Å²) < 4.78 is 0. The monoisotopic (exact) mass is 479 g/mol. The van der Waals surface area contributed by atoms with Crippen LogP contribution in [0.15, 0.2) is 52.6 Å². The molecule has 2 aliphatic rings. The van der Waals surface area contributed by atoms with Crippen molar-refractivity contribution in [2.45, 2.75) is 29.3 Å². The third-order valence-corrected chi connectivity index (χ3v) is 6.98. The third kappa shape index (κ3) is 5.94. The average molecular weight is 480 g/mol. The van der Waals surface area contributed by atoms with E-state index < -0.39 is 0 Å². The molecule has 1 aliphatic heterocycles. The van der Waals surface area contributed by atoms with Crippen molar-refractivity contribution in [2.75, 3.05) is 49.5 Å². The first-order chi connectivity index (χ1) is 16.7. The van der Waals surface area contributed by atoms with Crippen LogP contribution in [0.25, 0.3) is 0 Å². The minimum atomic E-state index is 0.181. The summed E-state index contributed by atoms with van der Waals surface area (Å²) in [5.74, 6) is 2.97. The molecule has 9 nitrogen and oxygen atoms in total. The molecule has 1 aromatic carbocycles. The Morgan fingerprint density at radius 2 is 1.91 bits per heavy atom. The zero-order valence-corrected chi connectivity index (χ0v) is 19.8. The van der Waals surface area contributed by atoms with Crippen molar-refractivity contribution in [1.29, 1.82) is 0 Å². The van der Waals surface area contributed by atoms with E-state index in [2.05, 4.69) is 25.3 Å². The topological polar surface area (TPSA) is 110 Å². The largest absolute Gasteiger partial charge is 0.395 e. The van der Waals surface area contributed by atoms with Crippen molar-refractivity contribution in [3.8, 4) is 0 Å². The molecule has 178 valence electrons. The van der Waals surface area contributed by atoms with Crippen molar-refractivity contribution < 1.29 is 9.90 Å². The van der Waals surface area contributed by atoms with Gasteiger partial charge in [0.2, 0.25) is 0 Å². The van der Waals surface area contributed by atoms with Gasteiger partial charge in [-0.3, -0.25) is 14.8 Å². The highest BCUT2D eigenvalue weighted by molar-refractivity contribution is 7.99. The summed E-state index contributed by atoms with van der Waals surface area (Å²) >= 11 is 1.50. The second-order valence-electron chi connectivity index (χ2n) is 8.70. The van der Waals surface area contributed by atoms with Crippen molar-refractivity contribution in [1.82, 2.24) is 25.1 Å². The molecule has 0 atom stereocenters. The molecular formula is C24H29N7O2S. The number of aromatic nitrogens is 4. The number of hydrogen-bond donors (Lipinski definition) is 3. The van der Waals surface area contributed by atoms with Gasteiger partial charge >= 0.3 is 0 Å². The van der Waals surface area contributed by atoms with E-state index in [1.807, 2.05) is 36.4 Å². The number of carbonyl (C=O) groups excluding carboxylic acids is 1. The number of aliphatic hydroxyl groups is 1. The summed E-state index contributed by atoms with van der Waals surface area (Å²) in [4.78, 5) is 27.2. The lowest BCUT2D eigenvalue weighted by Crippen LogP contribution is -2.47. The van der Waals surface area contributed by atoms with Gasteiger partial charge in [0.15, 0.2) is 5.16 Å². The Balaban J connectivity index is 1.32. The number of aromatic amines is 1. The fourth-order valence-electron chi connectivity index (χ4n) is 4.02. The van der Waals surface area contributed by atoms with Crippen LogP contribution in [-0.4, -0.2) is 75.3 Å². The molecule has 0 amide bonds. The maximum atomic E-state index is 12.1. The Labute approximate surface area is 203 Å². The fraction of sp³-hybridized carbons (Fsp3) is 0.417. The summed E-state index contributed by atoms with van der Waals surface area (Å²) in [6.45, 7) is 4.34. The van der Waals surface area contributed by atoms with Crippen LogP contribution in [0, 0.1) is 5.92 Å². The molecule has 10 heteroatoms. The van der Waals surface area contributed by atoms with Gasteiger partial charge in [-0.25, -0.2) is 9.97 Å². The summed E-state index contributed by atoms with van der Waals surface area (Å²) in [5, 5.41) is 20.0. The molecule has 0 bridgehead atoms. The lowest BCUT2D eigenvalue weighted by molar-refractivity contribution is -0.119. The number of ketones is 1. The molecule has 0 spiro atoms. The minimum absolute atomic E-state index is 0.181. The number of aliphatic hydroxyl groups excluding tert-OH is 1. The number of nitrogens with one attached hydrogen (secondary N) is 2. The lowest BCUT2D eigenvalue weighted by Gasteiger charge is -2.35. The van der Waals surface area contributed by atoms with Crippen LogP contribution in [-0.2, 0) is 11.2 Å². The number of anilines is 3. The average Bonchev–Trinajstić information content (AvgIpc) is 3.58. The molecule has 0 radical (unpaired) electrons. The standard InChI is InChI=1S/C24H29N7O2S/c32-14-13-30-9-11-31(12-10-30)23-16-22(26-21-7-8-25-29-21)27-24(28-23)34-19-5-1-17(2-6-19)15-20(33)18-3-4-18/h1-2,5-8,16,18,32H,3-4,9-15H2,(H2,25,26,27,28,29). The van der Waals surface area contributed by atoms with Gasteiger partial charge in [-0.15, -0.1) is 0 Å². The number of β-amino-alcohol motifs (C(OH)–C–C–N with tert-alkyl or cyclic N) is 1. The number of rotatable bonds is 10. The first-order valence-corrected chi connectivity index (χ1v) is 12.5. The molecule has 1 saturated carbocycles. The highest BCUT2D eigenvalue weighted by Gasteiger charge is 2.29. The van der Waals surface area contributed by atoms with E-state index in [1.54, 1.807) is 6.20 Å². The highest BCUT2D eigenvalue weighted by atomic mass is 32.2. The summed E-state index contributed by atoms with van der Waals surface area (Å²) in [6.07, 6.45) is 4.30. The maximum absolute atomic E-state index is 12.1. The van der Waals surface area contributed by atoms with E-state index in [-0.39, 0.29) is 12.5 Å². The molecule has 3 aromatic rings. The summed E-state index contributed by atoms with van der Waals surface area (Å²) in [7, 11) is 0. The Kier molecular flexibility index (Phi) is 7.08. The van der Waals surface area contributed by atoms with Gasteiger partial charge in [0.25, 0.3) is 0 Å². The van der Waals surface area contributed by atoms with E-state index in [1.165, 1.54) is 11.8 Å². The second kappa shape index (κ2) is 10.5. The molecule has 1 aliphatic carbocycles. The van der Waals surface area contributed by atoms with Gasteiger partial charge in [0, 0.05) is 62.1 Å². The zero-order valence-electron chi connectivity index (χ0n) is 19.0. The summed E-state index contributed by atoms with van der Waals surface area (Å²) in [6, 6.07) is 11.9. The van der Waals surface area contributed by atoms with Crippen LogP contribution in [0.2, 0.25) is 0 Å². The Morgan fingerprint density at radius 3 is 2.59 bits per heavy atom.